The van der Waals surface area contributed by atoms with Crippen molar-refractivity contribution in [2.45, 2.75) is 46.1 Å². The van der Waals surface area contributed by atoms with Crippen LogP contribution in [0.2, 0.25) is 0 Å². The maximum Gasteiger partial charge on any atom is 0.312 e. The van der Waals surface area contributed by atoms with Crippen LogP contribution in [0.4, 0.5) is 0 Å². The third kappa shape index (κ3) is 2.81. The standard InChI is InChI=1S/C19H24O3/c1-13-8-16-11-19(9-13,10-14(2)17(16)20)18(21)22-12-15-6-4-3-5-7-15/h3-7,13-14,16H,8-12H2,1-2H3. The van der Waals surface area contributed by atoms with Crippen LogP contribution in [-0.2, 0) is 20.9 Å². The molecule has 0 saturated heterocycles. The summed E-state index contributed by atoms with van der Waals surface area (Å²) in [7, 11) is 0. The Balaban J connectivity index is 1.73. The van der Waals surface area contributed by atoms with Gasteiger partial charge >= 0.3 is 5.97 Å². The molecule has 1 aromatic rings. The summed E-state index contributed by atoms with van der Waals surface area (Å²) in [6, 6.07) is 9.77. The summed E-state index contributed by atoms with van der Waals surface area (Å²) >= 11 is 0. The van der Waals surface area contributed by atoms with E-state index in [1.165, 1.54) is 0 Å². The normalized spacial score (nSPS) is 34.3. The Bertz CT molecular complexity index is 561. The first-order valence-corrected chi connectivity index (χ1v) is 8.25. The summed E-state index contributed by atoms with van der Waals surface area (Å²) in [6.07, 6.45) is 3.13. The largest absolute Gasteiger partial charge is 0.460 e. The molecule has 4 atom stereocenters. The quantitative estimate of drug-likeness (QED) is 0.798. The third-order valence-corrected chi connectivity index (χ3v) is 5.29. The van der Waals surface area contributed by atoms with Crippen molar-refractivity contribution in [2.75, 3.05) is 0 Å². The summed E-state index contributed by atoms with van der Waals surface area (Å²) in [5.41, 5.74) is 0.567. The van der Waals surface area contributed by atoms with Gasteiger partial charge in [0.05, 0.1) is 5.41 Å². The van der Waals surface area contributed by atoms with Crippen molar-refractivity contribution in [3.63, 3.8) is 0 Å². The molecule has 118 valence electrons. The molecule has 3 heteroatoms. The Kier molecular flexibility index (Phi) is 4.07. The molecule has 2 saturated carbocycles. The van der Waals surface area contributed by atoms with Gasteiger partial charge in [0, 0.05) is 11.8 Å². The van der Waals surface area contributed by atoms with Gasteiger partial charge < -0.3 is 4.74 Å². The number of carbonyl (C=O) groups excluding carboxylic acids is 2. The van der Waals surface area contributed by atoms with Crippen molar-refractivity contribution in [3.8, 4) is 0 Å². The number of ether oxygens (including phenoxy) is 1. The highest BCUT2D eigenvalue weighted by Crippen LogP contribution is 2.52. The van der Waals surface area contributed by atoms with Crippen LogP contribution < -0.4 is 0 Å². The Hall–Kier alpha value is -1.64. The minimum atomic E-state index is -0.440. The first kappa shape index (κ1) is 15.3. The van der Waals surface area contributed by atoms with Crippen molar-refractivity contribution in [1.82, 2.24) is 0 Å². The number of esters is 1. The van der Waals surface area contributed by atoms with Crippen LogP contribution in [-0.4, -0.2) is 11.8 Å². The number of fused-ring (bicyclic) bond motifs is 2. The predicted octanol–water partition coefficient (Wildman–Crippen LogP) is 3.76. The zero-order valence-electron chi connectivity index (χ0n) is 13.4. The molecule has 0 radical (unpaired) electrons. The predicted molar refractivity (Wildman–Crippen MR) is 84.0 cm³/mol. The second-order valence-electron chi connectivity index (χ2n) is 7.30. The van der Waals surface area contributed by atoms with Gasteiger partial charge in [-0.15, -0.1) is 0 Å². The Morgan fingerprint density at radius 1 is 1.18 bits per heavy atom. The summed E-state index contributed by atoms with van der Waals surface area (Å²) < 4.78 is 5.63. The Labute approximate surface area is 132 Å². The van der Waals surface area contributed by atoms with Gasteiger partial charge in [0.25, 0.3) is 0 Å². The van der Waals surface area contributed by atoms with E-state index in [1.54, 1.807) is 0 Å². The van der Waals surface area contributed by atoms with E-state index in [0.29, 0.717) is 31.1 Å². The van der Waals surface area contributed by atoms with Crippen molar-refractivity contribution in [1.29, 1.82) is 0 Å². The number of carbonyl (C=O) groups is 2. The molecular weight excluding hydrogens is 276 g/mol. The highest BCUT2D eigenvalue weighted by atomic mass is 16.5. The monoisotopic (exact) mass is 300 g/mol. The minimum Gasteiger partial charge on any atom is -0.460 e. The van der Waals surface area contributed by atoms with Gasteiger partial charge in [-0.25, -0.2) is 0 Å². The maximum absolute atomic E-state index is 12.8. The second-order valence-corrected chi connectivity index (χ2v) is 7.30. The average molecular weight is 300 g/mol. The molecule has 0 aliphatic heterocycles. The van der Waals surface area contributed by atoms with E-state index < -0.39 is 5.41 Å². The number of benzene rings is 1. The molecule has 2 fully saturated rings. The van der Waals surface area contributed by atoms with Crippen molar-refractivity contribution in [3.05, 3.63) is 35.9 Å². The van der Waals surface area contributed by atoms with Gasteiger partial charge in [-0.05, 0) is 37.2 Å². The van der Waals surface area contributed by atoms with Crippen LogP contribution in [0.3, 0.4) is 0 Å². The van der Waals surface area contributed by atoms with E-state index in [0.717, 1.165) is 18.4 Å². The second kappa shape index (κ2) is 5.86. The van der Waals surface area contributed by atoms with Gasteiger partial charge in [-0.2, -0.15) is 0 Å². The number of rotatable bonds is 3. The molecule has 0 aromatic heterocycles. The first-order valence-electron chi connectivity index (χ1n) is 8.25. The minimum absolute atomic E-state index is 0.0180. The average Bonchev–Trinajstić information content (AvgIpc) is 2.51. The smallest absolute Gasteiger partial charge is 0.312 e. The molecule has 4 unspecified atom stereocenters. The summed E-state index contributed by atoms with van der Waals surface area (Å²) in [6.45, 7) is 4.43. The SMILES string of the molecule is CC1CC2CC(C(=O)OCc3ccccc3)(C1)CC(C)C2=O. The van der Waals surface area contributed by atoms with Crippen molar-refractivity contribution < 1.29 is 14.3 Å². The summed E-state index contributed by atoms with van der Waals surface area (Å²) in [5, 5.41) is 0. The highest BCUT2D eigenvalue weighted by Gasteiger charge is 2.53. The lowest BCUT2D eigenvalue weighted by molar-refractivity contribution is -0.168. The Morgan fingerprint density at radius 2 is 1.91 bits per heavy atom. The molecule has 2 bridgehead atoms. The van der Waals surface area contributed by atoms with Crippen molar-refractivity contribution >= 4 is 11.8 Å². The molecule has 2 aliphatic rings. The van der Waals surface area contributed by atoms with Crippen molar-refractivity contribution in [2.24, 2.45) is 23.2 Å². The van der Waals surface area contributed by atoms with Crippen LogP contribution in [0.15, 0.2) is 30.3 Å². The summed E-state index contributed by atoms with van der Waals surface area (Å²) in [4.78, 5) is 25.0. The number of ketones is 1. The highest BCUT2D eigenvalue weighted by molar-refractivity contribution is 5.88. The Morgan fingerprint density at radius 3 is 2.64 bits per heavy atom. The molecule has 22 heavy (non-hydrogen) atoms. The van der Waals surface area contributed by atoms with E-state index >= 15 is 0 Å². The maximum atomic E-state index is 12.8. The topological polar surface area (TPSA) is 43.4 Å². The van der Waals surface area contributed by atoms with Crippen LogP contribution in [0.5, 0.6) is 0 Å². The summed E-state index contributed by atoms with van der Waals surface area (Å²) in [5.74, 6) is 0.692. The van der Waals surface area contributed by atoms with E-state index in [-0.39, 0.29) is 17.8 Å². The fourth-order valence-electron chi connectivity index (χ4n) is 4.47. The van der Waals surface area contributed by atoms with Gasteiger partial charge in [0.15, 0.2) is 0 Å². The molecule has 3 rings (SSSR count). The lowest BCUT2D eigenvalue weighted by Gasteiger charge is -2.47. The molecule has 2 aliphatic carbocycles. The molecule has 0 N–H and O–H groups in total. The third-order valence-electron chi connectivity index (χ3n) is 5.29. The van der Waals surface area contributed by atoms with E-state index in [9.17, 15) is 9.59 Å². The lowest BCUT2D eigenvalue weighted by Crippen LogP contribution is -2.49. The van der Waals surface area contributed by atoms with E-state index in [4.69, 9.17) is 4.74 Å². The molecule has 0 heterocycles. The van der Waals surface area contributed by atoms with Crippen LogP contribution in [0.25, 0.3) is 0 Å². The van der Waals surface area contributed by atoms with Gasteiger partial charge in [-0.3, -0.25) is 9.59 Å². The van der Waals surface area contributed by atoms with E-state index in [2.05, 4.69) is 6.92 Å². The fraction of sp³-hybridized carbons (Fsp3) is 0.579. The van der Waals surface area contributed by atoms with Gasteiger partial charge in [0.1, 0.15) is 12.4 Å². The molecular formula is C19H24O3. The first-order chi connectivity index (χ1) is 10.5. The molecule has 0 spiro atoms. The zero-order valence-corrected chi connectivity index (χ0v) is 13.4. The van der Waals surface area contributed by atoms with Crippen LogP contribution in [0, 0.1) is 23.2 Å². The molecule has 1 aromatic carbocycles. The molecule has 0 amide bonds. The van der Waals surface area contributed by atoms with Gasteiger partial charge in [0.2, 0.25) is 0 Å². The van der Waals surface area contributed by atoms with Crippen LogP contribution in [0.1, 0.15) is 45.1 Å². The zero-order chi connectivity index (χ0) is 15.7. The van der Waals surface area contributed by atoms with Crippen LogP contribution >= 0.6 is 0 Å². The number of Topliss-reactive ketones (excluding diaryl/α,β-unsaturated/α-hetero) is 1. The molecule has 3 nitrogen and oxygen atoms in total. The van der Waals surface area contributed by atoms with E-state index in [1.807, 2.05) is 37.3 Å². The van der Waals surface area contributed by atoms with Gasteiger partial charge in [-0.1, -0.05) is 44.2 Å². The number of hydrogen-bond donors (Lipinski definition) is 0. The number of hydrogen-bond acceptors (Lipinski definition) is 3. The fourth-order valence-corrected chi connectivity index (χ4v) is 4.47. The lowest BCUT2D eigenvalue weighted by atomic mass is 9.56.